The van der Waals surface area contributed by atoms with Gasteiger partial charge in [0.2, 0.25) is 0 Å². The zero-order chi connectivity index (χ0) is 10.1. The SMILES string of the molecule is Cn1c(CNC2CC2)ccc1C(=O)O. The number of carboxylic acid groups (broad SMARTS) is 1. The van der Waals surface area contributed by atoms with Crippen molar-refractivity contribution in [1.29, 1.82) is 0 Å². The quantitative estimate of drug-likeness (QED) is 0.751. The Balaban J connectivity index is 2.05. The second-order valence-electron chi connectivity index (χ2n) is 3.73. The van der Waals surface area contributed by atoms with Crippen molar-refractivity contribution in [1.82, 2.24) is 9.88 Å². The Morgan fingerprint density at radius 3 is 2.86 bits per heavy atom. The molecule has 0 radical (unpaired) electrons. The number of rotatable bonds is 4. The van der Waals surface area contributed by atoms with E-state index in [2.05, 4.69) is 5.32 Å². The van der Waals surface area contributed by atoms with Crippen LogP contribution in [0.4, 0.5) is 0 Å². The minimum Gasteiger partial charge on any atom is -0.477 e. The highest BCUT2D eigenvalue weighted by Crippen LogP contribution is 2.19. The molecule has 1 fully saturated rings. The number of nitrogens with zero attached hydrogens (tertiary/aromatic N) is 1. The average molecular weight is 194 g/mol. The number of hydrogen-bond acceptors (Lipinski definition) is 2. The minimum atomic E-state index is -0.870. The fraction of sp³-hybridized carbons (Fsp3) is 0.500. The van der Waals surface area contributed by atoms with E-state index in [0.717, 1.165) is 12.2 Å². The van der Waals surface area contributed by atoms with Gasteiger partial charge in [-0.3, -0.25) is 0 Å². The fourth-order valence-corrected chi connectivity index (χ4v) is 1.48. The van der Waals surface area contributed by atoms with Gasteiger partial charge in [-0.05, 0) is 25.0 Å². The maximum atomic E-state index is 10.7. The van der Waals surface area contributed by atoms with Crippen molar-refractivity contribution in [3.8, 4) is 0 Å². The second kappa shape index (κ2) is 3.46. The van der Waals surface area contributed by atoms with Gasteiger partial charge in [-0.2, -0.15) is 0 Å². The largest absolute Gasteiger partial charge is 0.477 e. The molecule has 0 aliphatic heterocycles. The van der Waals surface area contributed by atoms with Gasteiger partial charge in [0.15, 0.2) is 0 Å². The van der Waals surface area contributed by atoms with E-state index >= 15 is 0 Å². The maximum absolute atomic E-state index is 10.7. The van der Waals surface area contributed by atoms with Crippen LogP contribution in [0.2, 0.25) is 0 Å². The molecule has 1 aliphatic rings. The van der Waals surface area contributed by atoms with Crippen molar-refractivity contribution >= 4 is 5.97 Å². The second-order valence-corrected chi connectivity index (χ2v) is 3.73. The molecule has 1 aromatic heterocycles. The van der Waals surface area contributed by atoms with E-state index in [9.17, 15) is 4.79 Å². The van der Waals surface area contributed by atoms with Crippen LogP contribution < -0.4 is 5.32 Å². The highest BCUT2D eigenvalue weighted by molar-refractivity contribution is 5.86. The number of nitrogens with one attached hydrogen (secondary N) is 1. The van der Waals surface area contributed by atoms with Crippen molar-refractivity contribution in [2.75, 3.05) is 0 Å². The smallest absolute Gasteiger partial charge is 0.352 e. The average Bonchev–Trinajstić information content (AvgIpc) is 2.87. The van der Waals surface area contributed by atoms with Crippen LogP contribution >= 0.6 is 0 Å². The molecule has 0 spiro atoms. The zero-order valence-electron chi connectivity index (χ0n) is 8.16. The molecule has 76 valence electrons. The predicted molar refractivity (Wildman–Crippen MR) is 52.2 cm³/mol. The third-order valence-electron chi connectivity index (χ3n) is 2.59. The summed E-state index contributed by atoms with van der Waals surface area (Å²) in [6.07, 6.45) is 2.49. The Hall–Kier alpha value is -1.29. The zero-order valence-corrected chi connectivity index (χ0v) is 8.16. The summed E-state index contributed by atoms with van der Waals surface area (Å²) in [5.41, 5.74) is 1.37. The summed E-state index contributed by atoms with van der Waals surface area (Å²) in [5, 5.41) is 12.2. The highest BCUT2D eigenvalue weighted by Gasteiger charge is 2.20. The number of aromatic carboxylic acids is 1. The molecular formula is C10H14N2O2. The third kappa shape index (κ3) is 1.80. The molecule has 4 heteroatoms. The van der Waals surface area contributed by atoms with Crippen LogP contribution in [0.1, 0.15) is 29.0 Å². The van der Waals surface area contributed by atoms with E-state index < -0.39 is 5.97 Å². The number of carboxylic acids is 1. The van der Waals surface area contributed by atoms with Crippen molar-refractivity contribution in [3.05, 3.63) is 23.5 Å². The summed E-state index contributed by atoms with van der Waals surface area (Å²) in [6, 6.07) is 4.16. The Kier molecular flexibility index (Phi) is 2.29. The molecule has 1 saturated carbocycles. The van der Waals surface area contributed by atoms with E-state index in [0.29, 0.717) is 11.7 Å². The van der Waals surface area contributed by atoms with Crippen LogP contribution in [0.5, 0.6) is 0 Å². The van der Waals surface area contributed by atoms with Crippen LogP contribution in [0.25, 0.3) is 0 Å². The molecule has 2 rings (SSSR count). The Morgan fingerprint density at radius 2 is 2.36 bits per heavy atom. The third-order valence-corrected chi connectivity index (χ3v) is 2.59. The van der Waals surface area contributed by atoms with Gasteiger partial charge >= 0.3 is 5.97 Å². The Labute approximate surface area is 82.5 Å². The summed E-state index contributed by atoms with van der Waals surface area (Å²) in [7, 11) is 1.79. The van der Waals surface area contributed by atoms with E-state index in [1.165, 1.54) is 12.8 Å². The molecule has 14 heavy (non-hydrogen) atoms. The lowest BCUT2D eigenvalue weighted by atomic mass is 10.4. The molecule has 0 bridgehead atoms. The van der Waals surface area contributed by atoms with Gasteiger partial charge in [0, 0.05) is 25.3 Å². The highest BCUT2D eigenvalue weighted by atomic mass is 16.4. The van der Waals surface area contributed by atoms with Crippen LogP contribution in [-0.2, 0) is 13.6 Å². The summed E-state index contributed by atoms with van der Waals surface area (Å²) in [6.45, 7) is 0.758. The molecule has 4 nitrogen and oxygen atoms in total. The number of aromatic nitrogens is 1. The van der Waals surface area contributed by atoms with Gasteiger partial charge in [0.1, 0.15) is 5.69 Å². The van der Waals surface area contributed by atoms with E-state index in [1.807, 2.05) is 6.07 Å². The first-order valence-corrected chi connectivity index (χ1v) is 4.80. The number of carbonyl (C=O) groups is 1. The Bertz CT molecular complexity index is 353. The molecule has 1 heterocycles. The van der Waals surface area contributed by atoms with Crippen LogP contribution in [0.15, 0.2) is 12.1 Å². The maximum Gasteiger partial charge on any atom is 0.352 e. The van der Waals surface area contributed by atoms with Crippen LogP contribution in [-0.4, -0.2) is 21.7 Å². The van der Waals surface area contributed by atoms with Crippen molar-refractivity contribution < 1.29 is 9.90 Å². The summed E-state index contributed by atoms with van der Waals surface area (Å²) in [4.78, 5) is 10.7. The van der Waals surface area contributed by atoms with Crippen LogP contribution in [0.3, 0.4) is 0 Å². The van der Waals surface area contributed by atoms with Crippen LogP contribution in [0, 0.1) is 0 Å². The first-order valence-electron chi connectivity index (χ1n) is 4.80. The van der Waals surface area contributed by atoms with Gasteiger partial charge in [-0.25, -0.2) is 4.79 Å². The molecule has 0 saturated heterocycles. The monoisotopic (exact) mass is 194 g/mol. The molecule has 0 amide bonds. The van der Waals surface area contributed by atoms with Gasteiger partial charge in [-0.1, -0.05) is 0 Å². The lowest BCUT2D eigenvalue weighted by Gasteiger charge is -2.05. The van der Waals surface area contributed by atoms with Crippen molar-refractivity contribution in [2.24, 2.45) is 7.05 Å². The Morgan fingerprint density at radius 1 is 1.64 bits per heavy atom. The lowest BCUT2D eigenvalue weighted by Crippen LogP contribution is -2.18. The van der Waals surface area contributed by atoms with Gasteiger partial charge in [0.25, 0.3) is 0 Å². The first kappa shape index (κ1) is 9.27. The standard InChI is InChI=1S/C10H14N2O2/c1-12-8(6-11-7-2-3-7)4-5-9(12)10(13)14/h4-5,7,11H,2-3,6H2,1H3,(H,13,14). The molecule has 0 aromatic carbocycles. The molecule has 0 unspecified atom stereocenters. The molecular weight excluding hydrogens is 180 g/mol. The van der Waals surface area contributed by atoms with E-state index in [-0.39, 0.29) is 0 Å². The normalized spacial score (nSPS) is 15.8. The van der Waals surface area contributed by atoms with Gasteiger partial charge in [-0.15, -0.1) is 0 Å². The summed E-state index contributed by atoms with van der Waals surface area (Å²) < 4.78 is 1.72. The van der Waals surface area contributed by atoms with Gasteiger partial charge < -0.3 is 15.0 Å². The predicted octanol–water partition coefficient (Wildman–Crippen LogP) is 0.975. The molecule has 2 N–H and O–H groups in total. The van der Waals surface area contributed by atoms with Crippen molar-refractivity contribution in [2.45, 2.75) is 25.4 Å². The number of hydrogen-bond donors (Lipinski definition) is 2. The fourth-order valence-electron chi connectivity index (χ4n) is 1.48. The van der Waals surface area contributed by atoms with Crippen molar-refractivity contribution in [3.63, 3.8) is 0 Å². The molecule has 0 atom stereocenters. The lowest BCUT2D eigenvalue weighted by molar-refractivity contribution is 0.0686. The minimum absolute atomic E-state index is 0.345. The van der Waals surface area contributed by atoms with E-state index in [4.69, 9.17) is 5.11 Å². The van der Waals surface area contributed by atoms with E-state index in [1.54, 1.807) is 17.7 Å². The molecule has 1 aliphatic carbocycles. The first-order chi connectivity index (χ1) is 6.68. The summed E-state index contributed by atoms with van der Waals surface area (Å²) in [5.74, 6) is -0.870. The summed E-state index contributed by atoms with van der Waals surface area (Å²) >= 11 is 0. The topological polar surface area (TPSA) is 54.3 Å². The molecule has 1 aromatic rings. The van der Waals surface area contributed by atoms with Gasteiger partial charge in [0.05, 0.1) is 0 Å².